The van der Waals surface area contributed by atoms with Crippen LogP contribution in [0.1, 0.15) is 33.1 Å². The number of halogens is 3. The molecule has 0 heterocycles. The molecule has 0 saturated heterocycles. The molecular weight excluding hydrogens is 397 g/mol. The summed E-state index contributed by atoms with van der Waals surface area (Å²) in [6, 6.07) is 3.21. The molecule has 0 N–H and O–H groups in total. The summed E-state index contributed by atoms with van der Waals surface area (Å²) in [7, 11) is -3.66. The van der Waals surface area contributed by atoms with Crippen molar-refractivity contribution in [2.24, 2.45) is 5.92 Å². The lowest BCUT2D eigenvalue weighted by molar-refractivity contribution is 0.373. The van der Waals surface area contributed by atoms with Gasteiger partial charge in [-0.25, -0.2) is 8.42 Å². The summed E-state index contributed by atoms with van der Waals surface area (Å²) in [4.78, 5) is 0.0182. The molecule has 1 fully saturated rings. The Morgan fingerprint density at radius 3 is 2.24 bits per heavy atom. The Morgan fingerprint density at radius 2 is 1.81 bits per heavy atom. The van der Waals surface area contributed by atoms with Crippen molar-refractivity contribution in [3.63, 3.8) is 0 Å². The monoisotopic (exact) mass is 413 g/mol. The van der Waals surface area contributed by atoms with Gasteiger partial charge in [-0.05, 0) is 37.3 Å². The van der Waals surface area contributed by atoms with Gasteiger partial charge in [-0.3, -0.25) is 0 Å². The second-order valence-corrected chi connectivity index (χ2v) is 9.29. The highest BCUT2D eigenvalue weighted by atomic mass is 79.9. The summed E-state index contributed by atoms with van der Waals surface area (Å²) >= 11 is 15.5. The van der Waals surface area contributed by atoms with Gasteiger partial charge in [-0.2, -0.15) is 4.31 Å². The predicted molar refractivity (Wildman–Crippen MR) is 90.5 cm³/mol. The van der Waals surface area contributed by atoms with Crippen LogP contribution in [0.15, 0.2) is 21.5 Å². The largest absolute Gasteiger partial charge is 0.246 e. The predicted octanol–water partition coefficient (Wildman–Crippen LogP) is 4.96. The Labute approximate surface area is 144 Å². The maximum absolute atomic E-state index is 12.9. The first-order valence-electron chi connectivity index (χ1n) is 6.90. The standard InChI is InChI=1S/C14H18BrCl2NO2S/c1-9(2)5-6-18(11-3-4-11)21(19,20)14-12(16)7-10(15)8-13(14)17/h7-9,11H,3-6H2,1-2H3. The normalized spacial score (nSPS) is 16.0. The molecule has 118 valence electrons. The fourth-order valence-electron chi connectivity index (χ4n) is 2.14. The molecule has 1 aromatic rings. The second-order valence-electron chi connectivity index (χ2n) is 5.73. The molecule has 0 amide bonds. The van der Waals surface area contributed by atoms with E-state index in [9.17, 15) is 8.42 Å². The van der Waals surface area contributed by atoms with Crippen LogP contribution in [0.3, 0.4) is 0 Å². The van der Waals surface area contributed by atoms with E-state index in [1.165, 1.54) is 0 Å². The van der Waals surface area contributed by atoms with Crippen LogP contribution in [-0.4, -0.2) is 25.3 Å². The summed E-state index contributed by atoms with van der Waals surface area (Å²) in [5, 5.41) is 0.314. The van der Waals surface area contributed by atoms with Crippen molar-refractivity contribution in [1.29, 1.82) is 0 Å². The van der Waals surface area contributed by atoms with E-state index in [-0.39, 0.29) is 21.0 Å². The molecule has 0 aliphatic heterocycles. The molecule has 1 aliphatic carbocycles. The van der Waals surface area contributed by atoms with Crippen molar-refractivity contribution in [2.45, 2.75) is 44.0 Å². The van der Waals surface area contributed by atoms with Crippen LogP contribution in [0.2, 0.25) is 10.0 Å². The SMILES string of the molecule is CC(C)CCN(C1CC1)S(=O)(=O)c1c(Cl)cc(Br)cc1Cl. The molecule has 2 rings (SSSR count). The van der Waals surface area contributed by atoms with E-state index in [0.29, 0.717) is 16.9 Å². The van der Waals surface area contributed by atoms with Crippen LogP contribution in [0, 0.1) is 5.92 Å². The minimum absolute atomic E-state index is 0.0182. The molecule has 0 aromatic heterocycles. The van der Waals surface area contributed by atoms with Crippen molar-refractivity contribution < 1.29 is 8.42 Å². The smallest absolute Gasteiger partial charge is 0.207 e. The number of nitrogens with zero attached hydrogens (tertiary/aromatic N) is 1. The van der Waals surface area contributed by atoms with Crippen LogP contribution < -0.4 is 0 Å². The molecule has 0 atom stereocenters. The highest BCUT2D eigenvalue weighted by molar-refractivity contribution is 9.10. The van der Waals surface area contributed by atoms with Gasteiger partial charge in [-0.1, -0.05) is 53.0 Å². The molecule has 1 saturated carbocycles. The first kappa shape index (κ1) is 17.5. The van der Waals surface area contributed by atoms with Crippen LogP contribution in [0.4, 0.5) is 0 Å². The third kappa shape index (κ3) is 4.14. The van der Waals surface area contributed by atoms with Crippen molar-refractivity contribution in [3.05, 3.63) is 26.7 Å². The van der Waals surface area contributed by atoms with Crippen LogP contribution >= 0.6 is 39.1 Å². The summed E-state index contributed by atoms with van der Waals surface area (Å²) in [5.41, 5.74) is 0. The summed E-state index contributed by atoms with van der Waals surface area (Å²) < 4.78 is 28.1. The first-order chi connectivity index (χ1) is 9.73. The van der Waals surface area contributed by atoms with E-state index < -0.39 is 10.0 Å². The number of hydrogen-bond donors (Lipinski definition) is 0. The van der Waals surface area contributed by atoms with Gasteiger partial charge in [0.1, 0.15) is 4.90 Å². The Balaban J connectivity index is 2.39. The summed E-state index contributed by atoms with van der Waals surface area (Å²) in [6.07, 6.45) is 2.63. The fourth-order valence-corrected chi connectivity index (χ4v) is 5.73. The molecule has 21 heavy (non-hydrogen) atoms. The number of sulfonamides is 1. The lowest BCUT2D eigenvalue weighted by Crippen LogP contribution is -2.35. The number of benzene rings is 1. The average Bonchev–Trinajstić information content (AvgIpc) is 3.10. The quantitative estimate of drug-likeness (QED) is 0.659. The average molecular weight is 415 g/mol. The summed E-state index contributed by atoms with van der Waals surface area (Å²) in [6.45, 7) is 4.67. The lowest BCUT2D eigenvalue weighted by Gasteiger charge is -2.24. The van der Waals surface area contributed by atoms with Crippen molar-refractivity contribution in [2.75, 3.05) is 6.54 Å². The minimum Gasteiger partial charge on any atom is -0.207 e. The fraction of sp³-hybridized carbons (Fsp3) is 0.571. The molecule has 1 aromatic carbocycles. The van der Waals surface area contributed by atoms with Gasteiger partial charge in [0.2, 0.25) is 10.0 Å². The highest BCUT2D eigenvalue weighted by Gasteiger charge is 2.39. The van der Waals surface area contributed by atoms with Crippen molar-refractivity contribution >= 4 is 49.2 Å². The molecule has 0 bridgehead atoms. The zero-order chi connectivity index (χ0) is 15.8. The van der Waals surface area contributed by atoms with Crippen LogP contribution in [0.5, 0.6) is 0 Å². The maximum Gasteiger partial charge on any atom is 0.246 e. The van der Waals surface area contributed by atoms with Crippen molar-refractivity contribution in [3.8, 4) is 0 Å². The van der Waals surface area contributed by atoms with Gasteiger partial charge in [0.25, 0.3) is 0 Å². The van der Waals surface area contributed by atoms with Gasteiger partial charge < -0.3 is 0 Å². The minimum atomic E-state index is -3.66. The van der Waals surface area contributed by atoms with Crippen molar-refractivity contribution in [1.82, 2.24) is 4.31 Å². The van der Waals surface area contributed by atoms with E-state index in [2.05, 4.69) is 29.8 Å². The van der Waals surface area contributed by atoms with Gasteiger partial charge in [0.05, 0.1) is 10.0 Å². The summed E-state index contributed by atoms with van der Waals surface area (Å²) in [5.74, 6) is 0.442. The Morgan fingerprint density at radius 1 is 1.29 bits per heavy atom. The Bertz CT molecular complexity index is 607. The first-order valence-corrected chi connectivity index (χ1v) is 9.88. The zero-order valence-electron chi connectivity index (χ0n) is 11.9. The van der Waals surface area contributed by atoms with E-state index >= 15 is 0 Å². The zero-order valence-corrected chi connectivity index (χ0v) is 15.9. The van der Waals surface area contributed by atoms with Gasteiger partial charge >= 0.3 is 0 Å². The van der Waals surface area contributed by atoms with Crippen LogP contribution in [-0.2, 0) is 10.0 Å². The van der Waals surface area contributed by atoms with E-state index in [1.807, 2.05) is 0 Å². The van der Waals surface area contributed by atoms with E-state index in [1.54, 1.807) is 16.4 Å². The van der Waals surface area contributed by atoms with E-state index in [4.69, 9.17) is 23.2 Å². The molecule has 3 nitrogen and oxygen atoms in total. The van der Waals surface area contributed by atoms with E-state index in [0.717, 1.165) is 19.3 Å². The second kappa shape index (κ2) is 6.75. The van der Waals surface area contributed by atoms with Crippen LogP contribution in [0.25, 0.3) is 0 Å². The molecule has 0 spiro atoms. The lowest BCUT2D eigenvalue weighted by atomic mass is 10.1. The highest BCUT2D eigenvalue weighted by Crippen LogP contribution is 2.39. The molecule has 7 heteroatoms. The third-order valence-corrected chi connectivity index (χ3v) is 6.74. The number of hydrogen-bond acceptors (Lipinski definition) is 2. The topological polar surface area (TPSA) is 37.4 Å². The molecular formula is C14H18BrCl2NO2S. The molecule has 1 aliphatic rings. The van der Waals surface area contributed by atoms with Gasteiger partial charge in [0, 0.05) is 17.1 Å². The maximum atomic E-state index is 12.9. The van der Waals surface area contributed by atoms with Gasteiger partial charge in [0.15, 0.2) is 0 Å². The van der Waals surface area contributed by atoms with Gasteiger partial charge in [-0.15, -0.1) is 0 Å². The Hall–Kier alpha value is 0.190. The molecule has 0 unspecified atom stereocenters. The number of rotatable bonds is 6. The molecule has 0 radical (unpaired) electrons. The third-order valence-electron chi connectivity index (χ3n) is 3.41. The Kier molecular flexibility index (Phi) is 5.64.